The average Bonchev–Trinajstić information content (AvgIpc) is 2.88. The predicted molar refractivity (Wildman–Crippen MR) is 130 cm³/mol. The molecule has 2 saturated heterocycles. The number of nitrogens with zero attached hydrogens (tertiary/aromatic N) is 3. The number of carbonyl (C=O) groups is 1. The molecule has 0 saturated carbocycles. The molecule has 4 rings (SSSR count). The summed E-state index contributed by atoms with van der Waals surface area (Å²) in [7, 11) is -2.48. The number of alkyl halides is 3. The van der Waals surface area contributed by atoms with Crippen LogP contribution >= 0.6 is 0 Å². The van der Waals surface area contributed by atoms with Crippen LogP contribution in [-0.4, -0.2) is 69.9 Å². The third-order valence-corrected chi connectivity index (χ3v) is 8.78. The number of piperidine rings is 1. The Morgan fingerprint density at radius 2 is 1.64 bits per heavy atom. The Morgan fingerprint density at radius 1 is 0.972 bits per heavy atom. The lowest BCUT2D eigenvalue weighted by Crippen LogP contribution is -2.48. The van der Waals surface area contributed by atoms with Crippen LogP contribution in [0.4, 0.5) is 18.9 Å². The number of halogens is 3. The van der Waals surface area contributed by atoms with Crippen LogP contribution in [0.1, 0.15) is 35.7 Å². The van der Waals surface area contributed by atoms with E-state index in [1.807, 2.05) is 0 Å². The van der Waals surface area contributed by atoms with Gasteiger partial charge in [0.1, 0.15) is 5.75 Å². The van der Waals surface area contributed by atoms with Crippen LogP contribution in [0, 0.1) is 5.92 Å². The standard InChI is InChI=1S/C25H30F3N3O4S/c1-18-8-10-30(11-9-18)24(32)22-17-21(6-7-23(22)35-2)36(33,34)31-14-12-29(13-15-31)20-5-3-4-19(16-20)25(26,27)28/h3-7,16-18H,8-15H2,1-2H3. The summed E-state index contributed by atoms with van der Waals surface area (Å²) >= 11 is 0. The summed E-state index contributed by atoms with van der Waals surface area (Å²) in [5, 5.41) is 0. The van der Waals surface area contributed by atoms with E-state index in [1.54, 1.807) is 15.9 Å². The summed E-state index contributed by atoms with van der Waals surface area (Å²) in [6.45, 7) is 4.07. The monoisotopic (exact) mass is 525 g/mol. The Labute approximate surface area is 209 Å². The maximum absolute atomic E-state index is 13.4. The summed E-state index contributed by atoms with van der Waals surface area (Å²) in [4.78, 5) is 16.6. The number of methoxy groups -OCH3 is 1. The lowest BCUT2D eigenvalue weighted by atomic mass is 9.98. The normalized spacial score (nSPS) is 18.4. The minimum atomic E-state index is -4.45. The number of sulfonamides is 1. The topological polar surface area (TPSA) is 70.2 Å². The zero-order chi connectivity index (χ0) is 26.1. The fourth-order valence-electron chi connectivity index (χ4n) is 4.61. The molecule has 0 spiro atoms. The van der Waals surface area contributed by atoms with Gasteiger partial charge in [0.25, 0.3) is 5.91 Å². The molecular formula is C25H30F3N3O4S. The van der Waals surface area contributed by atoms with Gasteiger partial charge in [0, 0.05) is 45.0 Å². The number of anilines is 1. The van der Waals surface area contributed by atoms with E-state index in [9.17, 15) is 26.4 Å². The highest BCUT2D eigenvalue weighted by atomic mass is 32.2. The summed E-state index contributed by atoms with van der Waals surface area (Å²) in [6.07, 6.45) is -2.67. The van der Waals surface area contributed by atoms with Gasteiger partial charge in [0.2, 0.25) is 10.0 Å². The molecule has 0 unspecified atom stereocenters. The molecule has 0 atom stereocenters. The second-order valence-electron chi connectivity index (χ2n) is 9.28. The van der Waals surface area contributed by atoms with Crippen molar-refractivity contribution in [2.24, 2.45) is 5.92 Å². The molecule has 196 valence electrons. The van der Waals surface area contributed by atoms with Crippen LogP contribution in [-0.2, 0) is 16.2 Å². The first-order valence-corrected chi connectivity index (χ1v) is 13.3. The minimum absolute atomic E-state index is 0.00968. The minimum Gasteiger partial charge on any atom is -0.496 e. The van der Waals surface area contributed by atoms with Crippen molar-refractivity contribution in [2.75, 3.05) is 51.3 Å². The van der Waals surface area contributed by atoms with Crippen LogP contribution < -0.4 is 9.64 Å². The molecule has 7 nitrogen and oxygen atoms in total. The number of hydrogen-bond donors (Lipinski definition) is 0. The van der Waals surface area contributed by atoms with Crippen molar-refractivity contribution in [1.29, 1.82) is 0 Å². The fourth-order valence-corrected chi connectivity index (χ4v) is 6.06. The molecule has 0 N–H and O–H groups in total. The quantitative estimate of drug-likeness (QED) is 0.588. The Morgan fingerprint density at radius 3 is 2.25 bits per heavy atom. The largest absolute Gasteiger partial charge is 0.496 e. The lowest BCUT2D eigenvalue weighted by Gasteiger charge is -2.35. The first-order chi connectivity index (χ1) is 17.0. The van der Waals surface area contributed by atoms with Gasteiger partial charge in [-0.15, -0.1) is 0 Å². The molecule has 0 aliphatic carbocycles. The van der Waals surface area contributed by atoms with E-state index in [1.165, 1.54) is 35.7 Å². The van der Waals surface area contributed by atoms with Gasteiger partial charge < -0.3 is 14.5 Å². The van der Waals surface area contributed by atoms with Crippen LogP contribution in [0.25, 0.3) is 0 Å². The molecule has 36 heavy (non-hydrogen) atoms. The smallest absolute Gasteiger partial charge is 0.416 e. The maximum Gasteiger partial charge on any atom is 0.416 e. The summed E-state index contributed by atoms with van der Waals surface area (Å²) in [6, 6.07) is 9.30. The van der Waals surface area contributed by atoms with Crippen molar-refractivity contribution < 1.29 is 31.1 Å². The first kappa shape index (κ1) is 26.3. The Hall–Kier alpha value is -2.79. The Balaban J connectivity index is 1.50. The van der Waals surface area contributed by atoms with E-state index in [0.29, 0.717) is 30.4 Å². The van der Waals surface area contributed by atoms with Crippen molar-refractivity contribution in [1.82, 2.24) is 9.21 Å². The molecule has 0 radical (unpaired) electrons. The van der Waals surface area contributed by atoms with Crippen molar-refractivity contribution in [3.05, 3.63) is 53.6 Å². The second-order valence-corrected chi connectivity index (χ2v) is 11.2. The number of amides is 1. The molecule has 0 bridgehead atoms. The fraction of sp³-hybridized carbons (Fsp3) is 0.480. The van der Waals surface area contributed by atoms with E-state index < -0.39 is 21.8 Å². The number of hydrogen-bond acceptors (Lipinski definition) is 5. The van der Waals surface area contributed by atoms with Gasteiger partial charge in [0.05, 0.1) is 23.1 Å². The average molecular weight is 526 g/mol. The highest BCUT2D eigenvalue weighted by Crippen LogP contribution is 2.33. The van der Waals surface area contributed by atoms with Gasteiger partial charge in [-0.2, -0.15) is 17.5 Å². The molecule has 2 aromatic carbocycles. The van der Waals surface area contributed by atoms with Crippen molar-refractivity contribution >= 4 is 21.6 Å². The van der Waals surface area contributed by atoms with Gasteiger partial charge in [-0.25, -0.2) is 8.42 Å². The molecule has 2 aromatic rings. The van der Waals surface area contributed by atoms with E-state index in [0.717, 1.165) is 25.0 Å². The number of piperazine rings is 1. The van der Waals surface area contributed by atoms with Crippen molar-refractivity contribution in [3.63, 3.8) is 0 Å². The second kappa shape index (κ2) is 10.3. The Kier molecular flexibility index (Phi) is 7.51. The molecule has 2 aliphatic rings. The summed E-state index contributed by atoms with van der Waals surface area (Å²) < 4.78 is 72.7. The van der Waals surface area contributed by atoms with Gasteiger partial charge in [-0.05, 0) is 55.2 Å². The van der Waals surface area contributed by atoms with Gasteiger partial charge >= 0.3 is 6.18 Å². The van der Waals surface area contributed by atoms with Crippen molar-refractivity contribution in [3.8, 4) is 5.75 Å². The van der Waals surface area contributed by atoms with Crippen LogP contribution in [0.2, 0.25) is 0 Å². The zero-order valence-corrected chi connectivity index (χ0v) is 21.1. The van der Waals surface area contributed by atoms with E-state index in [-0.39, 0.29) is 42.5 Å². The van der Waals surface area contributed by atoms with E-state index in [2.05, 4.69) is 6.92 Å². The first-order valence-electron chi connectivity index (χ1n) is 11.9. The molecule has 0 aromatic heterocycles. The van der Waals surface area contributed by atoms with Crippen molar-refractivity contribution in [2.45, 2.75) is 30.8 Å². The third-order valence-electron chi connectivity index (χ3n) is 6.89. The molecule has 2 heterocycles. The molecule has 2 aliphatic heterocycles. The number of carbonyl (C=O) groups excluding carboxylic acids is 1. The Bertz CT molecular complexity index is 1200. The van der Waals surface area contributed by atoms with E-state index in [4.69, 9.17) is 4.74 Å². The number of ether oxygens (including phenoxy) is 1. The van der Waals surface area contributed by atoms with Gasteiger partial charge in [-0.3, -0.25) is 4.79 Å². The van der Waals surface area contributed by atoms with Crippen LogP contribution in [0.5, 0.6) is 5.75 Å². The zero-order valence-electron chi connectivity index (χ0n) is 20.3. The number of likely N-dealkylation sites (tertiary alicyclic amines) is 1. The highest BCUT2D eigenvalue weighted by Gasteiger charge is 2.33. The highest BCUT2D eigenvalue weighted by molar-refractivity contribution is 7.89. The maximum atomic E-state index is 13.4. The van der Waals surface area contributed by atoms with E-state index >= 15 is 0 Å². The number of benzene rings is 2. The molecule has 11 heteroatoms. The molecule has 2 fully saturated rings. The van der Waals surface area contributed by atoms with Crippen LogP contribution in [0.15, 0.2) is 47.4 Å². The third kappa shape index (κ3) is 5.46. The predicted octanol–water partition coefficient (Wildman–Crippen LogP) is 4.10. The summed E-state index contributed by atoms with van der Waals surface area (Å²) in [5.74, 6) is 0.592. The SMILES string of the molecule is COc1ccc(S(=O)(=O)N2CCN(c3cccc(C(F)(F)F)c3)CC2)cc1C(=O)N1CCC(C)CC1. The van der Waals surface area contributed by atoms with Crippen LogP contribution in [0.3, 0.4) is 0 Å². The molecular weight excluding hydrogens is 495 g/mol. The number of rotatable bonds is 5. The summed E-state index contributed by atoms with van der Waals surface area (Å²) in [5.41, 5.74) is -0.139. The molecule has 1 amide bonds. The van der Waals surface area contributed by atoms with Gasteiger partial charge in [-0.1, -0.05) is 13.0 Å². The van der Waals surface area contributed by atoms with Gasteiger partial charge in [0.15, 0.2) is 0 Å². The lowest BCUT2D eigenvalue weighted by molar-refractivity contribution is -0.137.